The van der Waals surface area contributed by atoms with Gasteiger partial charge < -0.3 is 15.0 Å². The van der Waals surface area contributed by atoms with E-state index < -0.39 is 0 Å². The van der Waals surface area contributed by atoms with Gasteiger partial charge in [0.05, 0.1) is 12.8 Å². The van der Waals surface area contributed by atoms with E-state index in [9.17, 15) is 0 Å². The molecule has 0 saturated carbocycles. The van der Waals surface area contributed by atoms with E-state index in [4.69, 9.17) is 16.3 Å². The predicted octanol–water partition coefficient (Wildman–Crippen LogP) is 3.88. The highest BCUT2D eigenvalue weighted by molar-refractivity contribution is 6.30. The van der Waals surface area contributed by atoms with Gasteiger partial charge >= 0.3 is 0 Å². The molecule has 1 aliphatic rings. The van der Waals surface area contributed by atoms with Gasteiger partial charge in [-0.15, -0.1) is 0 Å². The predicted molar refractivity (Wildman–Crippen MR) is 85.9 cm³/mol. The summed E-state index contributed by atoms with van der Waals surface area (Å²) >= 11 is 6.08. The Morgan fingerprint density at radius 1 is 1.40 bits per heavy atom. The minimum atomic E-state index is 0.432. The highest BCUT2D eigenvalue weighted by atomic mass is 35.5. The van der Waals surface area contributed by atoms with Gasteiger partial charge in [-0.25, -0.2) is 0 Å². The number of ether oxygens (including phenoxy) is 1. The van der Waals surface area contributed by atoms with E-state index in [2.05, 4.69) is 24.1 Å². The van der Waals surface area contributed by atoms with Gasteiger partial charge in [-0.05, 0) is 63.5 Å². The van der Waals surface area contributed by atoms with Crippen LogP contribution in [0.15, 0.2) is 18.2 Å². The van der Waals surface area contributed by atoms with Gasteiger partial charge in [0.25, 0.3) is 0 Å². The number of piperidine rings is 1. The van der Waals surface area contributed by atoms with Crippen molar-refractivity contribution in [3.63, 3.8) is 0 Å². The number of hydrogen-bond acceptors (Lipinski definition) is 3. The van der Waals surface area contributed by atoms with E-state index in [1.165, 1.54) is 25.9 Å². The molecule has 1 fully saturated rings. The lowest BCUT2D eigenvalue weighted by Gasteiger charge is -2.35. The van der Waals surface area contributed by atoms with Crippen molar-refractivity contribution in [1.82, 2.24) is 4.90 Å². The highest BCUT2D eigenvalue weighted by Gasteiger charge is 2.23. The molecule has 1 heterocycles. The van der Waals surface area contributed by atoms with Crippen molar-refractivity contribution >= 4 is 17.3 Å². The van der Waals surface area contributed by atoms with Crippen molar-refractivity contribution in [1.29, 1.82) is 0 Å². The number of likely N-dealkylation sites (tertiary alicyclic amines) is 1. The van der Waals surface area contributed by atoms with Crippen LogP contribution in [0.1, 0.15) is 26.7 Å². The number of halogens is 1. The van der Waals surface area contributed by atoms with Crippen molar-refractivity contribution in [2.75, 3.05) is 32.1 Å². The fourth-order valence-electron chi connectivity index (χ4n) is 2.93. The molecular weight excluding hydrogens is 272 g/mol. The fourth-order valence-corrected chi connectivity index (χ4v) is 3.10. The SMILES string of the molecule is CCN1CCC(C(C)Nc2cc(Cl)ccc2OC)CC1. The largest absolute Gasteiger partial charge is 0.495 e. The molecule has 2 rings (SSSR count). The average molecular weight is 297 g/mol. The summed E-state index contributed by atoms with van der Waals surface area (Å²) in [5, 5.41) is 4.31. The summed E-state index contributed by atoms with van der Waals surface area (Å²) in [7, 11) is 1.69. The summed E-state index contributed by atoms with van der Waals surface area (Å²) in [6, 6.07) is 6.15. The zero-order chi connectivity index (χ0) is 14.5. The summed E-state index contributed by atoms with van der Waals surface area (Å²) < 4.78 is 5.39. The molecule has 1 unspecified atom stereocenters. The maximum atomic E-state index is 6.08. The molecule has 0 spiro atoms. The van der Waals surface area contributed by atoms with Gasteiger partial charge in [0.2, 0.25) is 0 Å². The Balaban J connectivity index is 1.97. The molecule has 1 aromatic carbocycles. The third kappa shape index (κ3) is 3.80. The van der Waals surface area contributed by atoms with E-state index in [1.807, 2.05) is 18.2 Å². The monoisotopic (exact) mass is 296 g/mol. The summed E-state index contributed by atoms with van der Waals surface area (Å²) in [6.07, 6.45) is 2.51. The van der Waals surface area contributed by atoms with Crippen LogP contribution in [0.3, 0.4) is 0 Å². The Labute approximate surface area is 127 Å². The number of rotatable bonds is 5. The van der Waals surface area contributed by atoms with E-state index in [1.54, 1.807) is 7.11 Å². The molecular formula is C16H25ClN2O. The van der Waals surface area contributed by atoms with Gasteiger partial charge in [-0.1, -0.05) is 18.5 Å². The maximum absolute atomic E-state index is 6.08. The molecule has 1 saturated heterocycles. The number of benzene rings is 1. The van der Waals surface area contributed by atoms with Crippen LogP contribution < -0.4 is 10.1 Å². The minimum Gasteiger partial charge on any atom is -0.495 e. The van der Waals surface area contributed by atoms with Gasteiger partial charge in [-0.3, -0.25) is 0 Å². The first-order chi connectivity index (χ1) is 9.63. The first-order valence-corrected chi connectivity index (χ1v) is 7.84. The zero-order valence-corrected chi connectivity index (χ0v) is 13.4. The van der Waals surface area contributed by atoms with E-state index >= 15 is 0 Å². The quantitative estimate of drug-likeness (QED) is 0.892. The molecule has 0 amide bonds. The first kappa shape index (κ1) is 15.5. The Kier molecular flexibility index (Phi) is 5.55. The Hall–Kier alpha value is -0.930. The van der Waals surface area contributed by atoms with E-state index in [0.717, 1.165) is 23.0 Å². The molecule has 0 aromatic heterocycles. The summed E-state index contributed by atoms with van der Waals surface area (Å²) in [4.78, 5) is 2.52. The Bertz CT molecular complexity index is 430. The van der Waals surface area contributed by atoms with Crippen molar-refractivity contribution in [2.45, 2.75) is 32.7 Å². The number of nitrogens with one attached hydrogen (secondary N) is 1. The van der Waals surface area contributed by atoms with Crippen molar-refractivity contribution in [2.24, 2.45) is 5.92 Å². The highest BCUT2D eigenvalue weighted by Crippen LogP contribution is 2.30. The second-order valence-electron chi connectivity index (χ2n) is 5.55. The van der Waals surface area contributed by atoms with Crippen LogP contribution >= 0.6 is 11.6 Å². The molecule has 1 atom stereocenters. The third-order valence-corrected chi connectivity index (χ3v) is 4.57. The number of anilines is 1. The lowest BCUT2D eigenvalue weighted by molar-refractivity contribution is 0.183. The van der Waals surface area contributed by atoms with Gasteiger partial charge in [0, 0.05) is 11.1 Å². The van der Waals surface area contributed by atoms with Crippen molar-refractivity contribution < 1.29 is 4.74 Å². The summed E-state index contributed by atoms with van der Waals surface area (Å²) in [5.41, 5.74) is 0.991. The van der Waals surface area contributed by atoms with Gasteiger partial charge in [0.1, 0.15) is 5.75 Å². The van der Waals surface area contributed by atoms with E-state index in [-0.39, 0.29) is 0 Å². The van der Waals surface area contributed by atoms with Gasteiger partial charge in [0.15, 0.2) is 0 Å². The van der Waals surface area contributed by atoms with Crippen LogP contribution in [0.4, 0.5) is 5.69 Å². The van der Waals surface area contributed by atoms with E-state index in [0.29, 0.717) is 12.0 Å². The van der Waals surface area contributed by atoms with Gasteiger partial charge in [-0.2, -0.15) is 0 Å². The molecule has 112 valence electrons. The molecule has 1 aliphatic heterocycles. The smallest absolute Gasteiger partial charge is 0.142 e. The standard InChI is InChI=1S/C16H25ClN2O/c1-4-19-9-7-13(8-10-19)12(2)18-15-11-14(17)5-6-16(15)20-3/h5-6,11-13,18H,4,7-10H2,1-3H3. The first-order valence-electron chi connectivity index (χ1n) is 7.46. The van der Waals surface area contributed by atoms with Crippen LogP contribution in [-0.2, 0) is 0 Å². The second kappa shape index (κ2) is 7.19. The summed E-state index contributed by atoms with van der Waals surface area (Å²) in [5.74, 6) is 1.56. The molecule has 0 aliphatic carbocycles. The van der Waals surface area contributed by atoms with Crippen molar-refractivity contribution in [3.05, 3.63) is 23.2 Å². The molecule has 1 aromatic rings. The van der Waals surface area contributed by atoms with Crippen LogP contribution in [0, 0.1) is 5.92 Å². The topological polar surface area (TPSA) is 24.5 Å². The van der Waals surface area contributed by atoms with Crippen LogP contribution in [0.2, 0.25) is 5.02 Å². The van der Waals surface area contributed by atoms with Crippen LogP contribution in [0.25, 0.3) is 0 Å². The lowest BCUT2D eigenvalue weighted by Crippen LogP contribution is -2.39. The lowest BCUT2D eigenvalue weighted by atomic mass is 9.90. The van der Waals surface area contributed by atoms with Crippen LogP contribution in [0.5, 0.6) is 5.75 Å². The van der Waals surface area contributed by atoms with Crippen molar-refractivity contribution in [3.8, 4) is 5.75 Å². The molecule has 0 radical (unpaired) electrons. The average Bonchev–Trinajstić information content (AvgIpc) is 2.47. The minimum absolute atomic E-state index is 0.432. The molecule has 0 bridgehead atoms. The molecule has 4 heteroatoms. The Morgan fingerprint density at radius 3 is 2.70 bits per heavy atom. The summed E-state index contributed by atoms with van der Waals surface area (Å²) in [6.45, 7) is 8.07. The number of nitrogens with zero attached hydrogens (tertiary/aromatic N) is 1. The normalized spacial score (nSPS) is 18.8. The maximum Gasteiger partial charge on any atom is 0.142 e. The Morgan fingerprint density at radius 2 is 2.10 bits per heavy atom. The number of hydrogen-bond donors (Lipinski definition) is 1. The number of methoxy groups -OCH3 is 1. The van der Waals surface area contributed by atoms with Crippen LogP contribution in [-0.4, -0.2) is 37.7 Å². The third-order valence-electron chi connectivity index (χ3n) is 4.33. The zero-order valence-electron chi connectivity index (χ0n) is 12.7. The second-order valence-corrected chi connectivity index (χ2v) is 5.99. The molecule has 20 heavy (non-hydrogen) atoms. The molecule has 1 N–H and O–H groups in total. The fraction of sp³-hybridized carbons (Fsp3) is 0.625. The molecule has 3 nitrogen and oxygen atoms in total.